The molecule has 0 aliphatic heterocycles. The summed E-state index contributed by atoms with van der Waals surface area (Å²) in [5.41, 5.74) is 0.448. The molecule has 6 nitrogen and oxygen atoms in total. The summed E-state index contributed by atoms with van der Waals surface area (Å²) in [6.07, 6.45) is 5.63. The molecule has 2 aromatic rings. The van der Waals surface area contributed by atoms with Crippen molar-refractivity contribution in [3.05, 3.63) is 74.6 Å². The van der Waals surface area contributed by atoms with Gasteiger partial charge in [-0.1, -0.05) is 24.3 Å². The molecule has 0 aliphatic carbocycles. The first-order chi connectivity index (χ1) is 9.97. The summed E-state index contributed by atoms with van der Waals surface area (Å²) < 4.78 is 2.57. The van der Waals surface area contributed by atoms with Gasteiger partial charge in [0, 0.05) is 25.5 Å². The first kappa shape index (κ1) is 14.5. The lowest BCUT2D eigenvalue weighted by atomic mass is 10.1. The van der Waals surface area contributed by atoms with E-state index in [1.165, 1.54) is 28.5 Å². The number of aromatic nitrogens is 2. The lowest BCUT2D eigenvalue weighted by molar-refractivity contribution is -0.131. The fraction of sp³-hybridized carbons (Fsp3) is 0.133. The van der Waals surface area contributed by atoms with Crippen LogP contribution < -0.4 is 11.1 Å². The number of carbonyl (C=O) groups is 1. The second-order valence-electron chi connectivity index (χ2n) is 4.56. The quantitative estimate of drug-likeness (QED) is 0.662. The summed E-state index contributed by atoms with van der Waals surface area (Å²) in [6, 6.07) is 7.07. The van der Waals surface area contributed by atoms with Gasteiger partial charge in [-0.2, -0.15) is 0 Å². The normalized spacial score (nSPS) is 10.9. The van der Waals surface area contributed by atoms with E-state index in [4.69, 9.17) is 5.11 Å². The average molecular weight is 286 g/mol. The van der Waals surface area contributed by atoms with E-state index < -0.39 is 17.1 Å². The standard InChI is InChI=1S/C15H14N2O4/c1-16-8-9-17(15(21)14(16)20)10-12-4-2-11(3-5-12)6-7-13(18)19/h2-9H,10H2,1H3,(H,18,19). The van der Waals surface area contributed by atoms with Crippen LogP contribution in [0.5, 0.6) is 0 Å². The van der Waals surface area contributed by atoms with Gasteiger partial charge in [-0.05, 0) is 17.2 Å². The number of benzene rings is 1. The van der Waals surface area contributed by atoms with Crippen LogP contribution in [0.25, 0.3) is 6.08 Å². The van der Waals surface area contributed by atoms with E-state index in [0.29, 0.717) is 0 Å². The van der Waals surface area contributed by atoms with Crippen molar-refractivity contribution in [2.75, 3.05) is 0 Å². The largest absolute Gasteiger partial charge is 0.478 e. The van der Waals surface area contributed by atoms with Crippen LogP contribution in [0, 0.1) is 0 Å². The molecule has 0 aliphatic rings. The topological polar surface area (TPSA) is 81.3 Å². The van der Waals surface area contributed by atoms with Gasteiger partial charge < -0.3 is 14.2 Å². The Labute approximate surface area is 120 Å². The maximum absolute atomic E-state index is 11.8. The SMILES string of the molecule is Cn1ccn(Cc2ccc(C=CC(=O)O)cc2)c(=O)c1=O. The number of carboxylic acid groups (broad SMARTS) is 1. The molecule has 6 heteroatoms. The molecule has 0 bridgehead atoms. The van der Waals surface area contributed by atoms with Crippen LogP contribution in [0.4, 0.5) is 0 Å². The van der Waals surface area contributed by atoms with E-state index >= 15 is 0 Å². The Morgan fingerprint density at radius 1 is 1.14 bits per heavy atom. The van der Waals surface area contributed by atoms with Gasteiger partial charge in [0.05, 0.1) is 6.54 Å². The summed E-state index contributed by atoms with van der Waals surface area (Å²) in [4.78, 5) is 33.8. The predicted molar refractivity (Wildman–Crippen MR) is 78.2 cm³/mol. The zero-order chi connectivity index (χ0) is 15.4. The van der Waals surface area contributed by atoms with Gasteiger partial charge in [-0.15, -0.1) is 0 Å². The van der Waals surface area contributed by atoms with Crippen LogP contribution in [0.2, 0.25) is 0 Å². The lowest BCUT2D eigenvalue weighted by Gasteiger charge is -2.06. The Hall–Kier alpha value is -2.89. The van der Waals surface area contributed by atoms with Crippen molar-refractivity contribution < 1.29 is 9.90 Å². The third kappa shape index (κ3) is 3.56. The number of hydrogen-bond donors (Lipinski definition) is 1. The second-order valence-corrected chi connectivity index (χ2v) is 4.56. The molecule has 0 saturated heterocycles. The van der Waals surface area contributed by atoms with E-state index in [9.17, 15) is 14.4 Å². The number of aryl methyl sites for hydroxylation is 1. The molecule has 0 atom stereocenters. The third-order valence-corrected chi connectivity index (χ3v) is 2.99. The molecule has 0 radical (unpaired) electrons. The van der Waals surface area contributed by atoms with Crippen LogP contribution >= 0.6 is 0 Å². The molecule has 108 valence electrons. The molecule has 21 heavy (non-hydrogen) atoms. The summed E-state index contributed by atoms with van der Waals surface area (Å²) in [5, 5.41) is 8.55. The zero-order valence-electron chi connectivity index (χ0n) is 11.4. The van der Waals surface area contributed by atoms with Crippen molar-refractivity contribution in [3.63, 3.8) is 0 Å². The van der Waals surface area contributed by atoms with Crippen LogP contribution in [0.3, 0.4) is 0 Å². The van der Waals surface area contributed by atoms with Crippen molar-refractivity contribution >= 4 is 12.0 Å². The molecule has 0 saturated carbocycles. The number of aliphatic carboxylic acids is 1. The number of rotatable bonds is 4. The highest BCUT2D eigenvalue weighted by atomic mass is 16.4. The van der Waals surface area contributed by atoms with Crippen molar-refractivity contribution in [1.82, 2.24) is 9.13 Å². The lowest BCUT2D eigenvalue weighted by Crippen LogP contribution is -2.39. The summed E-state index contributed by atoms with van der Waals surface area (Å²) in [7, 11) is 1.53. The van der Waals surface area contributed by atoms with E-state index in [-0.39, 0.29) is 6.54 Å². The molecule has 2 rings (SSSR count). The van der Waals surface area contributed by atoms with Crippen molar-refractivity contribution in [1.29, 1.82) is 0 Å². The molecular formula is C15H14N2O4. The third-order valence-electron chi connectivity index (χ3n) is 2.99. The van der Waals surface area contributed by atoms with Crippen molar-refractivity contribution in [2.45, 2.75) is 6.54 Å². The van der Waals surface area contributed by atoms with Crippen LogP contribution in [-0.2, 0) is 18.4 Å². The fourth-order valence-corrected chi connectivity index (χ4v) is 1.81. The van der Waals surface area contributed by atoms with Crippen molar-refractivity contribution in [3.8, 4) is 0 Å². The minimum Gasteiger partial charge on any atom is -0.478 e. The maximum Gasteiger partial charge on any atom is 0.328 e. The number of hydrogen-bond acceptors (Lipinski definition) is 3. The van der Waals surface area contributed by atoms with Gasteiger partial charge in [0.1, 0.15) is 0 Å². The smallest absolute Gasteiger partial charge is 0.328 e. The molecule has 1 heterocycles. The molecular weight excluding hydrogens is 272 g/mol. The Morgan fingerprint density at radius 2 is 1.81 bits per heavy atom. The predicted octanol–water partition coefficient (Wildman–Crippen LogP) is 0.693. The van der Waals surface area contributed by atoms with Gasteiger partial charge >= 0.3 is 17.1 Å². The van der Waals surface area contributed by atoms with E-state index in [0.717, 1.165) is 17.2 Å². The van der Waals surface area contributed by atoms with Crippen LogP contribution in [-0.4, -0.2) is 20.2 Å². The van der Waals surface area contributed by atoms with Crippen LogP contribution in [0.15, 0.2) is 52.3 Å². The van der Waals surface area contributed by atoms with E-state index in [2.05, 4.69) is 0 Å². The second kappa shape index (κ2) is 6.04. The number of nitrogens with zero attached hydrogens (tertiary/aromatic N) is 2. The van der Waals surface area contributed by atoms with Gasteiger partial charge in [0.2, 0.25) is 0 Å². The molecule has 1 aromatic carbocycles. The fourth-order valence-electron chi connectivity index (χ4n) is 1.81. The van der Waals surface area contributed by atoms with Gasteiger partial charge in [-0.3, -0.25) is 9.59 Å². The Balaban J connectivity index is 2.22. The number of carboxylic acids is 1. The zero-order valence-corrected chi connectivity index (χ0v) is 11.4. The first-order valence-electron chi connectivity index (χ1n) is 6.23. The molecule has 1 N–H and O–H groups in total. The van der Waals surface area contributed by atoms with E-state index in [1.54, 1.807) is 30.5 Å². The summed E-state index contributed by atoms with van der Waals surface area (Å²) in [5.74, 6) is -1.01. The minimum atomic E-state index is -1.01. The van der Waals surface area contributed by atoms with Crippen LogP contribution in [0.1, 0.15) is 11.1 Å². The summed E-state index contributed by atoms with van der Waals surface area (Å²) >= 11 is 0. The molecule has 0 fully saturated rings. The summed E-state index contributed by atoms with van der Waals surface area (Å²) in [6.45, 7) is 0.290. The van der Waals surface area contributed by atoms with Gasteiger partial charge in [-0.25, -0.2) is 4.79 Å². The molecule has 0 unspecified atom stereocenters. The highest BCUT2D eigenvalue weighted by molar-refractivity contribution is 5.85. The first-order valence-corrected chi connectivity index (χ1v) is 6.23. The Morgan fingerprint density at radius 3 is 2.43 bits per heavy atom. The maximum atomic E-state index is 11.8. The Kier molecular flexibility index (Phi) is 4.18. The highest BCUT2D eigenvalue weighted by Gasteiger charge is 2.03. The van der Waals surface area contributed by atoms with Crippen molar-refractivity contribution in [2.24, 2.45) is 7.05 Å². The van der Waals surface area contributed by atoms with E-state index in [1.807, 2.05) is 0 Å². The monoisotopic (exact) mass is 286 g/mol. The minimum absolute atomic E-state index is 0.290. The average Bonchev–Trinajstić information content (AvgIpc) is 2.47. The molecule has 1 aromatic heterocycles. The van der Waals surface area contributed by atoms with Gasteiger partial charge in [0.25, 0.3) is 0 Å². The molecule has 0 spiro atoms. The molecule has 0 amide bonds. The Bertz CT molecular complexity index is 798. The van der Waals surface area contributed by atoms with Gasteiger partial charge in [0.15, 0.2) is 0 Å². The highest BCUT2D eigenvalue weighted by Crippen LogP contribution is 2.07.